The highest BCUT2D eigenvalue weighted by Gasteiger charge is 2.13. The van der Waals surface area contributed by atoms with Crippen LogP contribution in [0.15, 0.2) is 24.3 Å². The van der Waals surface area contributed by atoms with E-state index in [9.17, 15) is 0 Å². The second-order valence-electron chi connectivity index (χ2n) is 6.35. The molecule has 102 valence electrons. The summed E-state index contributed by atoms with van der Waals surface area (Å²) in [6.07, 6.45) is 0. The van der Waals surface area contributed by atoms with Crippen LogP contribution in [-0.4, -0.2) is 32.1 Å². The zero-order valence-corrected chi connectivity index (χ0v) is 12.7. The molecule has 1 aromatic rings. The first kappa shape index (κ1) is 15.2. The molecule has 1 atom stereocenters. The van der Waals surface area contributed by atoms with Gasteiger partial charge in [-0.3, -0.25) is 0 Å². The van der Waals surface area contributed by atoms with E-state index in [0.29, 0.717) is 6.04 Å². The number of hydrogen-bond acceptors (Lipinski definition) is 2. The number of likely N-dealkylation sites (N-methyl/N-ethyl adjacent to an activating group) is 1. The third-order valence-corrected chi connectivity index (χ3v) is 3.29. The minimum atomic E-state index is 0.236. The molecule has 0 aromatic heterocycles. The largest absolute Gasteiger partial charge is 0.309 e. The second-order valence-corrected chi connectivity index (χ2v) is 6.35. The van der Waals surface area contributed by atoms with Crippen molar-refractivity contribution in [3.63, 3.8) is 0 Å². The molecule has 18 heavy (non-hydrogen) atoms. The van der Waals surface area contributed by atoms with E-state index in [1.54, 1.807) is 0 Å². The summed E-state index contributed by atoms with van der Waals surface area (Å²) in [6, 6.07) is 9.40. The van der Waals surface area contributed by atoms with Gasteiger partial charge in [0.1, 0.15) is 0 Å². The van der Waals surface area contributed by atoms with E-state index >= 15 is 0 Å². The fraction of sp³-hybridized carbons (Fsp3) is 0.625. The van der Waals surface area contributed by atoms with E-state index in [1.165, 1.54) is 11.1 Å². The van der Waals surface area contributed by atoms with Crippen LogP contribution >= 0.6 is 0 Å². The number of rotatable bonds is 5. The van der Waals surface area contributed by atoms with E-state index in [2.05, 4.69) is 76.3 Å². The second kappa shape index (κ2) is 6.35. The Hall–Kier alpha value is -0.860. The molecule has 0 radical (unpaired) electrons. The molecule has 0 aliphatic carbocycles. The first-order valence-corrected chi connectivity index (χ1v) is 6.79. The maximum Gasteiger partial charge on any atom is 0.0292 e. The molecule has 0 fully saturated rings. The van der Waals surface area contributed by atoms with Crippen LogP contribution in [0.2, 0.25) is 0 Å². The predicted octanol–water partition coefficient (Wildman–Crippen LogP) is 3.20. The Bertz CT molecular complexity index is 346. The molecule has 0 aliphatic heterocycles. The lowest BCUT2D eigenvalue weighted by molar-refractivity contribution is 0.389. The third kappa shape index (κ3) is 4.79. The van der Waals surface area contributed by atoms with Crippen molar-refractivity contribution in [2.45, 2.75) is 39.2 Å². The topological polar surface area (TPSA) is 15.3 Å². The predicted molar refractivity (Wildman–Crippen MR) is 80.1 cm³/mol. The Morgan fingerprint density at radius 1 is 1.11 bits per heavy atom. The van der Waals surface area contributed by atoms with Gasteiger partial charge in [0, 0.05) is 19.1 Å². The quantitative estimate of drug-likeness (QED) is 0.861. The van der Waals surface area contributed by atoms with Crippen LogP contribution in [0.1, 0.15) is 44.9 Å². The zero-order chi connectivity index (χ0) is 13.8. The molecule has 2 nitrogen and oxygen atoms in total. The summed E-state index contributed by atoms with van der Waals surface area (Å²) in [7, 11) is 4.20. The van der Waals surface area contributed by atoms with Crippen LogP contribution in [0, 0.1) is 0 Å². The standard InChI is InChI=1S/C16H28N2/c1-13(17-11-12-18(5)6)14-7-9-15(10-8-14)16(2,3)4/h7-10,13,17H,11-12H2,1-6H3. The van der Waals surface area contributed by atoms with Gasteiger partial charge in [-0.2, -0.15) is 0 Å². The zero-order valence-electron chi connectivity index (χ0n) is 12.7. The fourth-order valence-corrected chi connectivity index (χ4v) is 1.89. The Labute approximate surface area is 112 Å². The molecular formula is C16H28N2. The maximum absolute atomic E-state index is 3.55. The van der Waals surface area contributed by atoms with E-state index in [-0.39, 0.29) is 5.41 Å². The van der Waals surface area contributed by atoms with E-state index < -0.39 is 0 Å². The van der Waals surface area contributed by atoms with Crippen molar-refractivity contribution in [2.24, 2.45) is 0 Å². The minimum absolute atomic E-state index is 0.236. The van der Waals surface area contributed by atoms with E-state index in [0.717, 1.165) is 13.1 Å². The molecule has 1 aromatic carbocycles. The minimum Gasteiger partial charge on any atom is -0.309 e. The van der Waals surface area contributed by atoms with Gasteiger partial charge in [-0.15, -0.1) is 0 Å². The van der Waals surface area contributed by atoms with Crippen LogP contribution in [0.4, 0.5) is 0 Å². The number of nitrogens with zero attached hydrogens (tertiary/aromatic N) is 1. The molecule has 1 N–H and O–H groups in total. The summed E-state index contributed by atoms with van der Waals surface area (Å²) >= 11 is 0. The van der Waals surface area contributed by atoms with Gasteiger partial charge >= 0.3 is 0 Å². The summed E-state index contributed by atoms with van der Waals surface area (Å²) in [5.74, 6) is 0. The molecule has 0 aliphatic rings. The van der Waals surface area contributed by atoms with Crippen molar-refractivity contribution in [1.29, 1.82) is 0 Å². The molecule has 0 saturated carbocycles. The number of benzene rings is 1. The molecule has 2 heteroatoms. The smallest absolute Gasteiger partial charge is 0.0292 e. The lowest BCUT2D eigenvalue weighted by Crippen LogP contribution is -2.28. The Kier molecular flexibility index (Phi) is 5.36. The van der Waals surface area contributed by atoms with Crippen LogP contribution in [0.3, 0.4) is 0 Å². The van der Waals surface area contributed by atoms with Gasteiger partial charge in [0.25, 0.3) is 0 Å². The summed E-state index contributed by atoms with van der Waals surface area (Å²) in [5, 5.41) is 3.55. The lowest BCUT2D eigenvalue weighted by Gasteiger charge is -2.21. The van der Waals surface area contributed by atoms with Crippen molar-refractivity contribution in [3.05, 3.63) is 35.4 Å². The number of hydrogen-bond donors (Lipinski definition) is 1. The summed E-state index contributed by atoms with van der Waals surface area (Å²) in [6.45, 7) is 11.1. The summed E-state index contributed by atoms with van der Waals surface area (Å²) in [5.41, 5.74) is 2.99. The third-order valence-electron chi connectivity index (χ3n) is 3.29. The average molecular weight is 248 g/mol. The van der Waals surface area contributed by atoms with Crippen molar-refractivity contribution in [3.8, 4) is 0 Å². The Balaban J connectivity index is 2.56. The Morgan fingerprint density at radius 3 is 2.11 bits per heavy atom. The maximum atomic E-state index is 3.55. The first-order valence-electron chi connectivity index (χ1n) is 6.79. The van der Waals surface area contributed by atoms with Crippen LogP contribution in [-0.2, 0) is 5.41 Å². The molecule has 0 bridgehead atoms. The SMILES string of the molecule is CC(NCCN(C)C)c1ccc(C(C)(C)C)cc1. The average Bonchev–Trinajstić information content (AvgIpc) is 2.27. The molecule has 1 unspecified atom stereocenters. The molecular weight excluding hydrogens is 220 g/mol. The van der Waals surface area contributed by atoms with Gasteiger partial charge in [-0.05, 0) is 37.6 Å². The first-order chi connectivity index (χ1) is 8.30. The molecule has 0 spiro atoms. The highest BCUT2D eigenvalue weighted by molar-refractivity contribution is 5.28. The van der Waals surface area contributed by atoms with Crippen LogP contribution in [0.5, 0.6) is 0 Å². The summed E-state index contributed by atoms with van der Waals surface area (Å²) in [4.78, 5) is 2.20. The Morgan fingerprint density at radius 2 is 1.67 bits per heavy atom. The molecule has 1 rings (SSSR count). The monoisotopic (exact) mass is 248 g/mol. The van der Waals surface area contributed by atoms with Crippen LogP contribution in [0.25, 0.3) is 0 Å². The highest BCUT2D eigenvalue weighted by atomic mass is 15.1. The van der Waals surface area contributed by atoms with Crippen molar-refractivity contribution < 1.29 is 0 Å². The number of nitrogens with one attached hydrogen (secondary N) is 1. The molecule has 0 heterocycles. The van der Waals surface area contributed by atoms with Gasteiger partial charge in [0.15, 0.2) is 0 Å². The van der Waals surface area contributed by atoms with Gasteiger partial charge in [0.2, 0.25) is 0 Å². The van der Waals surface area contributed by atoms with Gasteiger partial charge in [0.05, 0.1) is 0 Å². The fourth-order valence-electron chi connectivity index (χ4n) is 1.89. The molecule has 0 amide bonds. The van der Waals surface area contributed by atoms with E-state index in [4.69, 9.17) is 0 Å². The van der Waals surface area contributed by atoms with E-state index in [1.807, 2.05) is 0 Å². The van der Waals surface area contributed by atoms with Gasteiger partial charge in [-0.1, -0.05) is 45.0 Å². The lowest BCUT2D eigenvalue weighted by atomic mass is 9.86. The normalized spacial score (nSPS) is 13.9. The summed E-state index contributed by atoms with van der Waals surface area (Å²) < 4.78 is 0. The van der Waals surface area contributed by atoms with Crippen molar-refractivity contribution in [2.75, 3.05) is 27.2 Å². The van der Waals surface area contributed by atoms with Crippen molar-refractivity contribution >= 4 is 0 Å². The van der Waals surface area contributed by atoms with Gasteiger partial charge in [-0.25, -0.2) is 0 Å². The van der Waals surface area contributed by atoms with Crippen LogP contribution < -0.4 is 5.32 Å². The van der Waals surface area contributed by atoms with Crippen molar-refractivity contribution in [1.82, 2.24) is 10.2 Å². The van der Waals surface area contributed by atoms with Gasteiger partial charge < -0.3 is 10.2 Å². The molecule has 0 saturated heterocycles. The highest BCUT2D eigenvalue weighted by Crippen LogP contribution is 2.23.